The topological polar surface area (TPSA) is 49.8 Å². The largest absolute Gasteiger partial charge is 0.396 e. The summed E-state index contributed by atoms with van der Waals surface area (Å²) in [6.07, 6.45) is 7.64. The Hall–Kier alpha value is -0.610. The molecule has 1 heterocycles. The molecule has 1 aliphatic rings. The van der Waals surface area contributed by atoms with Gasteiger partial charge in [0.2, 0.25) is 5.91 Å². The Kier molecular flexibility index (Phi) is 8.01. The first-order valence-electron chi connectivity index (χ1n) is 7.28. The number of morpholine rings is 1. The van der Waals surface area contributed by atoms with Gasteiger partial charge in [0.05, 0.1) is 6.10 Å². The monoisotopic (exact) mass is 257 g/mol. The Morgan fingerprint density at radius 1 is 1.28 bits per heavy atom. The zero-order valence-corrected chi connectivity index (χ0v) is 11.6. The summed E-state index contributed by atoms with van der Waals surface area (Å²) in [4.78, 5) is 13.6. The first kappa shape index (κ1) is 15.4. The van der Waals surface area contributed by atoms with Crippen molar-refractivity contribution in [2.45, 2.75) is 58.0 Å². The standard InChI is InChI=1S/C14H27NO3/c1-2-3-6-9-15-11-13(18-12-14(15)17)8-5-4-7-10-16/h13,16H,2-12H2,1H3. The lowest BCUT2D eigenvalue weighted by molar-refractivity contribution is -0.149. The van der Waals surface area contributed by atoms with Crippen LogP contribution in [0.5, 0.6) is 0 Å². The summed E-state index contributed by atoms with van der Waals surface area (Å²) in [6, 6.07) is 0. The Morgan fingerprint density at radius 2 is 2.11 bits per heavy atom. The maximum Gasteiger partial charge on any atom is 0.248 e. The summed E-state index contributed by atoms with van der Waals surface area (Å²) < 4.78 is 5.55. The van der Waals surface area contributed by atoms with Gasteiger partial charge in [-0.25, -0.2) is 0 Å². The first-order valence-corrected chi connectivity index (χ1v) is 7.28. The summed E-state index contributed by atoms with van der Waals surface area (Å²) in [6.45, 7) is 4.32. The van der Waals surface area contributed by atoms with Gasteiger partial charge in [-0.2, -0.15) is 0 Å². The molecule has 106 valence electrons. The fourth-order valence-corrected chi connectivity index (χ4v) is 2.28. The lowest BCUT2D eigenvalue weighted by atomic mass is 10.1. The lowest BCUT2D eigenvalue weighted by Gasteiger charge is -2.33. The minimum Gasteiger partial charge on any atom is -0.396 e. The van der Waals surface area contributed by atoms with Gasteiger partial charge < -0.3 is 14.7 Å². The number of aliphatic hydroxyl groups is 1. The van der Waals surface area contributed by atoms with E-state index >= 15 is 0 Å². The van der Waals surface area contributed by atoms with E-state index in [0.717, 1.165) is 45.2 Å². The minimum absolute atomic E-state index is 0.137. The first-order chi connectivity index (χ1) is 8.77. The maximum atomic E-state index is 11.7. The lowest BCUT2D eigenvalue weighted by Crippen LogP contribution is -2.46. The van der Waals surface area contributed by atoms with Crippen molar-refractivity contribution >= 4 is 5.91 Å². The molecule has 0 radical (unpaired) electrons. The molecule has 1 amide bonds. The smallest absolute Gasteiger partial charge is 0.248 e. The van der Waals surface area contributed by atoms with Gasteiger partial charge in [0.1, 0.15) is 6.61 Å². The number of unbranched alkanes of at least 4 members (excludes halogenated alkanes) is 4. The van der Waals surface area contributed by atoms with E-state index in [4.69, 9.17) is 9.84 Å². The Morgan fingerprint density at radius 3 is 2.83 bits per heavy atom. The van der Waals surface area contributed by atoms with Crippen LogP contribution in [0.1, 0.15) is 51.9 Å². The number of amides is 1. The van der Waals surface area contributed by atoms with Crippen molar-refractivity contribution < 1.29 is 14.6 Å². The molecule has 0 spiro atoms. The summed E-state index contributed by atoms with van der Waals surface area (Å²) in [5.74, 6) is 0.137. The van der Waals surface area contributed by atoms with Gasteiger partial charge in [0, 0.05) is 19.7 Å². The SMILES string of the molecule is CCCCCN1CC(CCCCCO)OCC1=O. The second kappa shape index (κ2) is 9.34. The van der Waals surface area contributed by atoms with E-state index in [9.17, 15) is 4.79 Å². The number of hydrogen-bond donors (Lipinski definition) is 1. The van der Waals surface area contributed by atoms with Crippen LogP contribution in [0.15, 0.2) is 0 Å². The van der Waals surface area contributed by atoms with E-state index in [0.29, 0.717) is 0 Å². The van der Waals surface area contributed by atoms with Crippen LogP contribution in [0, 0.1) is 0 Å². The van der Waals surface area contributed by atoms with Crippen molar-refractivity contribution in [2.75, 3.05) is 26.3 Å². The molecule has 0 aromatic heterocycles. The summed E-state index contributed by atoms with van der Waals surface area (Å²) in [5, 5.41) is 8.72. The predicted molar refractivity (Wildman–Crippen MR) is 71.4 cm³/mol. The minimum atomic E-state index is 0.137. The zero-order valence-electron chi connectivity index (χ0n) is 11.6. The molecule has 1 saturated heterocycles. The third-order valence-electron chi connectivity index (χ3n) is 3.44. The van der Waals surface area contributed by atoms with Gasteiger partial charge in [0.15, 0.2) is 0 Å². The molecule has 1 unspecified atom stereocenters. The molecule has 0 aromatic carbocycles. The molecular weight excluding hydrogens is 230 g/mol. The van der Waals surface area contributed by atoms with Crippen LogP contribution in [0.2, 0.25) is 0 Å². The van der Waals surface area contributed by atoms with Crippen LogP contribution in [0.4, 0.5) is 0 Å². The molecule has 0 saturated carbocycles. The molecule has 0 aromatic rings. The van der Waals surface area contributed by atoms with Crippen molar-refractivity contribution in [2.24, 2.45) is 0 Å². The van der Waals surface area contributed by atoms with Crippen LogP contribution in [-0.4, -0.2) is 48.3 Å². The van der Waals surface area contributed by atoms with Crippen molar-refractivity contribution in [3.63, 3.8) is 0 Å². The Labute approximate surface area is 110 Å². The van der Waals surface area contributed by atoms with E-state index in [1.165, 1.54) is 12.8 Å². The highest BCUT2D eigenvalue weighted by molar-refractivity contribution is 5.78. The average molecular weight is 257 g/mol. The van der Waals surface area contributed by atoms with Crippen molar-refractivity contribution in [1.29, 1.82) is 0 Å². The van der Waals surface area contributed by atoms with Crippen molar-refractivity contribution in [1.82, 2.24) is 4.90 Å². The molecule has 1 aliphatic heterocycles. The van der Waals surface area contributed by atoms with E-state index in [1.807, 2.05) is 4.90 Å². The molecule has 4 heteroatoms. The van der Waals surface area contributed by atoms with Crippen molar-refractivity contribution in [3.05, 3.63) is 0 Å². The Balaban J connectivity index is 2.20. The number of aliphatic hydroxyl groups excluding tert-OH is 1. The highest BCUT2D eigenvalue weighted by Crippen LogP contribution is 2.14. The van der Waals surface area contributed by atoms with Gasteiger partial charge in [-0.05, 0) is 19.3 Å². The molecule has 0 bridgehead atoms. The van der Waals surface area contributed by atoms with Gasteiger partial charge in [-0.15, -0.1) is 0 Å². The van der Waals surface area contributed by atoms with E-state index in [2.05, 4.69) is 6.92 Å². The van der Waals surface area contributed by atoms with Crippen LogP contribution in [0.3, 0.4) is 0 Å². The number of ether oxygens (including phenoxy) is 1. The molecule has 18 heavy (non-hydrogen) atoms. The number of hydrogen-bond acceptors (Lipinski definition) is 3. The second-order valence-electron chi connectivity index (χ2n) is 5.05. The maximum absolute atomic E-state index is 11.7. The third kappa shape index (κ3) is 5.83. The van der Waals surface area contributed by atoms with Crippen LogP contribution >= 0.6 is 0 Å². The van der Waals surface area contributed by atoms with Crippen molar-refractivity contribution in [3.8, 4) is 0 Å². The highest BCUT2D eigenvalue weighted by atomic mass is 16.5. The molecule has 1 atom stereocenters. The molecular formula is C14H27NO3. The van der Waals surface area contributed by atoms with Crippen LogP contribution in [0.25, 0.3) is 0 Å². The number of rotatable bonds is 9. The molecule has 4 nitrogen and oxygen atoms in total. The van der Waals surface area contributed by atoms with Gasteiger partial charge >= 0.3 is 0 Å². The summed E-state index contributed by atoms with van der Waals surface area (Å²) >= 11 is 0. The fourth-order valence-electron chi connectivity index (χ4n) is 2.28. The summed E-state index contributed by atoms with van der Waals surface area (Å²) in [7, 11) is 0. The molecule has 1 fully saturated rings. The fraction of sp³-hybridized carbons (Fsp3) is 0.929. The normalized spacial score (nSPS) is 20.4. The van der Waals surface area contributed by atoms with Gasteiger partial charge in [-0.3, -0.25) is 4.79 Å². The predicted octanol–water partition coefficient (Wildman–Crippen LogP) is 1.96. The average Bonchev–Trinajstić information content (AvgIpc) is 2.38. The summed E-state index contributed by atoms with van der Waals surface area (Å²) in [5.41, 5.74) is 0. The molecule has 0 aliphatic carbocycles. The number of carbonyl (C=O) groups is 1. The van der Waals surface area contributed by atoms with Gasteiger partial charge in [0.25, 0.3) is 0 Å². The molecule has 1 N–H and O–H groups in total. The Bertz CT molecular complexity index is 233. The zero-order chi connectivity index (χ0) is 13.2. The molecule has 1 rings (SSSR count). The second-order valence-corrected chi connectivity index (χ2v) is 5.05. The number of nitrogens with zero attached hydrogens (tertiary/aromatic N) is 1. The van der Waals surface area contributed by atoms with Crippen LogP contribution < -0.4 is 0 Å². The van der Waals surface area contributed by atoms with E-state index < -0.39 is 0 Å². The van der Waals surface area contributed by atoms with E-state index in [1.54, 1.807) is 0 Å². The van der Waals surface area contributed by atoms with E-state index in [-0.39, 0.29) is 25.2 Å². The third-order valence-corrected chi connectivity index (χ3v) is 3.44. The number of carbonyl (C=O) groups excluding carboxylic acids is 1. The van der Waals surface area contributed by atoms with Crippen LogP contribution in [-0.2, 0) is 9.53 Å². The quantitative estimate of drug-likeness (QED) is 0.642. The van der Waals surface area contributed by atoms with Gasteiger partial charge in [-0.1, -0.05) is 32.6 Å². The highest BCUT2D eigenvalue weighted by Gasteiger charge is 2.25.